The van der Waals surface area contributed by atoms with Gasteiger partial charge in [-0.3, -0.25) is 4.79 Å². The zero-order chi connectivity index (χ0) is 10.3. The van der Waals surface area contributed by atoms with Crippen molar-refractivity contribution < 1.29 is 8.42 Å². The highest BCUT2D eigenvalue weighted by molar-refractivity contribution is 8.13. The number of nitrogens with zero attached hydrogens (tertiary/aromatic N) is 2. The summed E-state index contributed by atoms with van der Waals surface area (Å²) in [6.07, 6.45) is 2.93. The van der Waals surface area contributed by atoms with E-state index in [-0.39, 0.29) is 10.9 Å². The lowest BCUT2D eigenvalue weighted by atomic mass is 10.5. The van der Waals surface area contributed by atoms with Crippen LogP contribution in [-0.2, 0) is 9.05 Å². The lowest BCUT2D eigenvalue weighted by Crippen LogP contribution is -2.21. The molecular formula is C7H7ClN2O3S. The van der Waals surface area contributed by atoms with E-state index in [9.17, 15) is 13.2 Å². The van der Waals surface area contributed by atoms with E-state index in [4.69, 9.17) is 10.7 Å². The van der Waals surface area contributed by atoms with Crippen LogP contribution in [0.3, 0.4) is 0 Å². The van der Waals surface area contributed by atoms with Gasteiger partial charge in [0.25, 0.3) is 14.6 Å². The van der Waals surface area contributed by atoms with Gasteiger partial charge in [0.2, 0.25) is 0 Å². The lowest BCUT2D eigenvalue weighted by molar-refractivity contribution is 0.582. The van der Waals surface area contributed by atoms with E-state index in [0.717, 1.165) is 25.1 Å². The van der Waals surface area contributed by atoms with Crippen LogP contribution in [0.25, 0.3) is 0 Å². The fraction of sp³-hybridized carbons (Fsp3) is 0.429. The molecule has 7 heteroatoms. The van der Waals surface area contributed by atoms with Crippen LogP contribution in [-0.4, -0.2) is 18.2 Å². The third-order valence-electron chi connectivity index (χ3n) is 1.98. The Bertz CT molecular complexity index is 518. The maximum atomic E-state index is 11.3. The molecule has 0 saturated heterocycles. The van der Waals surface area contributed by atoms with Crippen molar-refractivity contribution in [1.29, 1.82) is 0 Å². The molecule has 76 valence electrons. The van der Waals surface area contributed by atoms with Crippen LogP contribution in [0, 0.1) is 0 Å². The average Bonchev–Trinajstić information content (AvgIpc) is 2.85. The third-order valence-corrected chi connectivity index (χ3v) is 3.30. The molecule has 1 saturated carbocycles. The molecule has 1 heterocycles. The second-order valence-electron chi connectivity index (χ2n) is 3.14. The summed E-state index contributed by atoms with van der Waals surface area (Å²) in [5.41, 5.74) is -0.422. The van der Waals surface area contributed by atoms with E-state index in [0.29, 0.717) is 0 Å². The van der Waals surface area contributed by atoms with Crippen LogP contribution in [0.15, 0.2) is 22.0 Å². The highest BCUT2D eigenvalue weighted by Gasteiger charge is 2.26. The Morgan fingerprint density at radius 3 is 2.57 bits per heavy atom. The van der Waals surface area contributed by atoms with Gasteiger partial charge in [-0.15, -0.1) is 0 Å². The maximum Gasteiger partial charge on any atom is 0.268 e. The SMILES string of the molecule is O=c1cc(S(=O)(=O)Cl)cnn1C1CC1. The molecule has 0 aliphatic heterocycles. The Morgan fingerprint density at radius 1 is 1.50 bits per heavy atom. The molecule has 1 aliphatic carbocycles. The predicted molar refractivity (Wildman–Crippen MR) is 49.8 cm³/mol. The molecule has 5 nitrogen and oxygen atoms in total. The van der Waals surface area contributed by atoms with E-state index < -0.39 is 14.6 Å². The fourth-order valence-corrected chi connectivity index (χ4v) is 1.80. The minimum absolute atomic E-state index is 0.134. The van der Waals surface area contributed by atoms with Crippen LogP contribution in [0.1, 0.15) is 18.9 Å². The van der Waals surface area contributed by atoms with Gasteiger partial charge in [-0.2, -0.15) is 5.10 Å². The van der Waals surface area contributed by atoms with Gasteiger partial charge >= 0.3 is 0 Å². The molecule has 2 rings (SSSR count). The van der Waals surface area contributed by atoms with Crippen molar-refractivity contribution >= 4 is 19.7 Å². The highest BCUT2D eigenvalue weighted by atomic mass is 35.7. The number of aromatic nitrogens is 2. The Balaban J connectivity index is 2.51. The van der Waals surface area contributed by atoms with Gasteiger partial charge in [-0.1, -0.05) is 0 Å². The highest BCUT2D eigenvalue weighted by Crippen LogP contribution is 2.32. The topological polar surface area (TPSA) is 69.0 Å². The molecule has 1 aliphatic rings. The smallest absolute Gasteiger partial charge is 0.268 e. The van der Waals surface area contributed by atoms with E-state index in [1.165, 1.54) is 4.68 Å². The first-order valence-electron chi connectivity index (χ1n) is 4.02. The van der Waals surface area contributed by atoms with Gasteiger partial charge in [-0.05, 0) is 12.8 Å². The second kappa shape index (κ2) is 3.06. The zero-order valence-electron chi connectivity index (χ0n) is 7.05. The second-order valence-corrected chi connectivity index (χ2v) is 5.71. The molecule has 0 N–H and O–H groups in total. The normalized spacial score (nSPS) is 16.9. The monoisotopic (exact) mass is 234 g/mol. The number of rotatable bonds is 2. The molecule has 1 aromatic rings. The van der Waals surface area contributed by atoms with Crippen molar-refractivity contribution in [2.75, 3.05) is 0 Å². The molecule has 0 spiro atoms. The van der Waals surface area contributed by atoms with Crippen molar-refractivity contribution in [3.63, 3.8) is 0 Å². The Kier molecular flexibility index (Phi) is 2.11. The molecule has 0 aromatic carbocycles. The summed E-state index contributed by atoms with van der Waals surface area (Å²) in [6.45, 7) is 0. The molecule has 14 heavy (non-hydrogen) atoms. The number of hydrogen-bond acceptors (Lipinski definition) is 4. The molecule has 0 amide bonds. The van der Waals surface area contributed by atoms with Crippen LogP contribution in [0.2, 0.25) is 0 Å². The molecule has 0 atom stereocenters. The quantitative estimate of drug-likeness (QED) is 0.699. The molecule has 0 bridgehead atoms. The summed E-state index contributed by atoms with van der Waals surface area (Å²) >= 11 is 0. The average molecular weight is 235 g/mol. The van der Waals surface area contributed by atoms with E-state index >= 15 is 0 Å². The Labute approximate surface area is 84.7 Å². The van der Waals surface area contributed by atoms with Gasteiger partial charge in [0, 0.05) is 16.7 Å². The Morgan fingerprint density at radius 2 is 2.14 bits per heavy atom. The van der Waals surface area contributed by atoms with Crippen LogP contribution in [0.5, 0.6) is 0 Å². The van der Waals surface area contributed by atoms with Gasteiger partial charge in [-0.25, -0.2) is 13.1 Å². The molecule has 1 aromatic heterocycles. The van der Waals surface area contributed by atoms with Crippen molar-refractivity contribution in [1.82, 2.24) is 9.78 Å². The van der Waals surface area contributed by atoms with Gasteiger partial charge in [0.05, 0.1) is 12.2 Å². The summed E-state index contributed by atoms with van der Waals surface area (Å²) in [6, 6.07) is 1.13. The summed E-state index contributed by atoms with van der Waals surface area (Å²) in [5.74, 6) is 0. The Hall–Kier alpha value is -0.880. The van der Waals surface area contributed by atoms with Crippen molar-refractivity contribution in [3.05, 3.63) is 22.6 Å². The molecule has 1 fully saturated rings. The van der Waals surface area contributed by atoms with Gasteiger partial charge in [0.1, 0.15) is 4.90 Å². The van der Waals surface area contributed by atoms with Crippen LogP contribution < -0.4 is 5.56 Å². The minimum Gasteiger partial charge on any atom is -0.268 e. The summed E-state index contributed by atoms with van der Waals surface area (Å²) in [4.78, 5) is 11.1. The zero-order valence-corrected chi connectivity index (χ0v) is 8.62. The molecule has 0 radical (unpaired) electrons. The number of halogens is 1. The molecule has 0 unspecified atom stereocenters. The van der Waals surface area contributed by atoms with Gasteiger partial charge < -0.3 is 0 Å². The molecular weight excluding hydrogens is 228 g/mol. The summed E-state index contributed by atoms with van der Waals surface area (Å²) < 4.78 is 23.0. The first-order valence-corrected chi connectivity index (χ1v) is 6.33. The fourth-order valence-electron chi connectivity index (χ4n) is 1.13. The van der Waals surface area contributed by atoms with E-state index in [2.05, 4.69) is 5.10 Å². The van der Waals surface area contributed by atoms with Crippen molar-refractivity contribution in [2.45, 2.75) is 23.8 Å². The van der Waals surface area contributed by atoms with E-state index in [1.807, 2.05) is 0 Å². The third kappa shape index (κ3) is 1.80. The van der Waals surface area contributed by atoms with Crippen LogP contribution in [0.4, 0.5) is 0 Å². The predicted octanol–water partition coefficient (Wildman–Crippen LogP) is 0.506. The standard InChI is InChI=1S/C7H7ClN2O3S/c8-14(12,13)6-3-7(11)10(9-4-6)5-1-2-5/h3-5H,1-2H2. The largest absolute Gasteiger partial charge is 0.268 e. The van der Waals surface area contributed by atoms with Gasteiger partial charge in [0.15, 0.2) is 0 Å². The van der Waals surface area contributed by atoms with Crippen LogP contribution >= 0.6 is 10.7 Å². The number of hydrogen-bond donors (Lipinski definition) is 0. The lowest BCUT2D eigenvalue weighted by Gasteiger charge is -2.01. The summed E-state index contributed by atoms with van der Waals surface area (Å²) in [7, 11) is 1.21. The minimum atomic E-state index is -3.85. The van der Waals surface area contributed by atoms with E-state index in [1.54, 1.807) is 0 Å². The van der Waals surface area contributed by atoms with Crippen molar-refractivity contribution in [3.8, 4) is 0 Å². The maximum absolute atomic E-state index is 11.3. The summed E-state index contributed by atoms with van der Waals surface area (Å²) in [5, 5.41) is 3.75. The van der Waals surface area contributed by atoms with Crippen molar-refractivity contribution in [2.24, 2.45) is 0 Å². The first-order chi connectivity index (χ1) is 6.48. The first kappa shape index (κ1) is 9.67.